The summed E-state index contributed by atoms with van der Waals surface area (Å²) in [6, 6.07) is 59.3. The molecule has 1 unspecified atom stereocenters. The first-order valence-corrected chi connectivity index (χ1v) is 23.3. The van der Waals surface area contributed by atoms with Crippen LogP contribution in [0.2, 0.25) is 0 Å². The summed E-state index contributed by atoms with van der Waals surface area (Å²) in [5, 5.41) is 14.6. The van der Waals surface area contributed by atoms with Gasteiger partial charge in [0.2, 0.25) is 0 Å². The van der Waals surface area contributed by atoms with Crippen molar-refractivity contribution >= 4 is 82.9 Å². The van der Waals surface area contributed by atoms with E-state index < -0.39 is 0 Å². The van der Waals surface area contributed by atoms with E-state index in [0.29, 0.717) is 0 Å². The van der Waals surface area contributed by atoms with Crippen LogP contribution in [0.15, 0.2) is 180 Å². The molecule has 65 heavy (non-hydrogen) atoms. The molecule has 2 aliphatic heterocycles. The molecule has 2 aliphatic carbocycles. The Morgan fingerprint density at radius 2 is 1.32 bits per heavy atom. The molecule has 0 fully saturated rings. The van der Waals surface area contributed by atoms with Crippen molar-refractivity contribution in [3.63, 3.8) is 0 Å². The average Bonchev–Trinajstić information content (AvgIpc) is 4.01. The minimum Gasteiger partial charge on any atom is -0.456 e. The quantitative estimate of drug-likeness (QED) is 0.192. The van der Waals surface area contributed by atoms with Crippen LogP contribution in [0.3, 0.4) is 0 Å². The third kappa shape index (κ3) is 5.06. The molecule has 0 spiro atoms. The SMILES string of the molecule is C1=Cc2oc3ccc4c(c3c2CC1)C1=C[C@@H](c2cccc3c2c2c(n3-c3ccccc3)CCC=C2)NC(c2ccc3ccccc3c2)[C@H]1c1ccc2c3cc5ccccc5cc3n-4c2c1. The smallest absolute Gasteiger partial charge is 0.135 e. The summed E-state index contributed by atoms with van der Waals surface area (Å²) in [5.74, 6) is 0.992. The fourth-order valence-corrected chi connectivity index (χ4v) is 12.4. The number of allylic oxidation sites excluding steroid dienone is 2. The van der Waals surface area contributed by atoms with Gasteiger partial charge in [-0.1, -0.05) is 127 Å². The lowest BCUT2D eigenvalue weighted by Crippen LogP contribution is -2.35. The van der Waals surface area contributed by atoms with Gasteiger partial charge in [0.05, 0.1) is 28.3 Å². The normalized spacial score (nSPS) is 18.6. The van der Waals surface area contributed by atoms with Crippen LogP contribution in [0, 0.1) is 0 Å². The van der Waals surface area contributed by atoms with Gasteiger partial charge in [0.15, 0.2) is 0 Å². The van der Waals surface area contributed by atoms with Gasteiger partial charge in [-0.05, 0) is 130 Å². The van der Waals surface area contributed by atoms with Crippen LogP contribution in [0.1, 0.15) is 75.7 Å². The number of hydrogen-bond donors (Lipinski definition) is 1. The zero-order chi connectivity index (χ0) is 42.3. The van der Waals surface area contributed by atoms with Gasteiger partial charge in [0.25, 0.3) is 0 Å². The van der Waals surface area contributed by atoms with Crippen molar-refractivity contribution in [2.45, 2.75) is 43.7 Å². The lowest BCUT2D eigenvalue weighted by Gasteiger charge is -2.40. The molecule has 3 atom stereocenters. The van der Waals surface area contributed by atoms with Crippen LogP contribution in [0.25, 0.3) is 94.3 Å². The van der Waals surface area contributed by atoms with Gasteiger partial charge in [-0.25, -0.2) is 0 Å². The minimum absolute atomic E-state index is 0.00129. The maximum absolute atomic E-state index is 6.85. The summed E-state index contributed by atoms with van der Waals surface area (Å²) in [7, 11) is 0. The second-order valence-electron chi connectivity index (χ2n) is 18.6. The Bertz CT molecular complexity index is 3940. The van der Waals surface area contributed by atoms with Crippen molar-refractivity contribution in [1.29, 1.82) is 0 Å². The predicted molar refractivity (Wildman–Crippen MR) is 269 cm³/mol. The van der Waals surface area contributed by atoms with E-state index in [1.165, 1.54) is 116 Å². The molecule has 2 bridgehead atoms. The number of aromatic nitrogens is 2. The van der Waals surface area contributed by atoms with Gasteiger partial charge in [-0.3, -0.25) is 5.32 Å². The second kappa shape index (κ2) is 13.4. The van der Waals surface area contributed by atoms with Gasteiger partial charge in [-0.15, -0.1) is 0 Å². The molecule has 4 heteroatoms. The molecule has 3 aromatic heterocycles. The predicted octanol–water partition coefficient (Wildman–Crippen LogP) is 15.3. The van der Waals surface area contributed by atoms with Crippen molar-refractivity contribution in [1.82, 2.24) is 14.5 Å². The Morgan fingerprint density at radius 3 is 2.22 bits per heavy atom. The highest BCUT2D eigenvalue weighted by atomic mass is 16.3. The van der Waals surface area contributed by atoms with Crippen molar-refractivity contribution in [3.8, 4) is 11.4 Å². The summed E-state index contributed by atoms with van der Waals surface area (Å²) in [5.41, 5.74) is 17.7. The van der Waals surface area contributed by atoms with Crippen molar-refractivity contribution in [2.24, 2.45) is 0 Å². The summed E-state index contributed by atoms with van der Waals surface area (Å²) in [6.45, 7) is 0. The summed E-state index contributed by atoms with van der Waals surface area (Å²) < 4.78 is 11.9. The maximum atomic E-state index is 6.85. The largest absolute Gasteiger partial charge is 0.456 e. The number of nitrogens with zero attached hydrogens (tertiary/aromatic N) is 2. The number of furan rings is 1. The van der Waals surface area contributed by atoms with Crippen molar-refractivity contribution in [2.75, 3.05) is 0 Å². The van der Waals surface area contributed by atoms with E-state index in [9.17, 15) is 0 Å². The molecule has 4 nitrogen and oxygen atoms in total. The molecule has 308 valence electrons. The first-order chi connectivity index (χ1) is 32.2. The lowest BCUT2D eigenvalue weighted by molar-refractivity contribution is 0.447. The highest BCUT2D eigenvalue weighted by Gasteiger charge is 2.40. The molecule has 11 aromatic rings. The van der Waals surface area contributed by atoms with Crippen molar-refractivity contribution in [3.05, 3.63) is 221 Å². The standard InChI is InChI=1S/C61H43N3O/c1-2-17-42(18-3-1)63-50-22-10-8-19-45(50)58-44(21-12-23-51(58)63)49-35-48-57(61(62-49)41-26-25-36-13-4-5-14-37(36)31-41)40-27-28-43-47-32-38-15-6-7-16-39(38)33-54(47)64(53(43)34-40)52-29-30-56-60(59(48)52)46-20-9-11-24-55(46)65-56/h1-8,11-19,21,23-35,49,57,61-62H,9-10,20,22H2/t49-,57-,61?/m0/s1. The topological polar surface area (TPSA) is 35.0 Å². The second-order valence-corrected chi connectivity index (χ2v) is 18.6. The lowest BCUT2D eigenvalue weighted by atomic mass is 9.72. The molecule has 4 aliphatic rings. The fourth-order valence-electron chi connectivity index (χ4n) is 12.4. The number of fused-ring (bicyclic) bond motifs is 18. The number of benzene rings is 8. The molecular formula is C61H43N3O. The number of nitrogens with one attached hydrogen (secondary N) is 1. The van der Waals surface area contributed by atoms with E-state index in [4.69, 9.17) is 4.42 Å². The van der Waals surface area contributed by atoms with Gasteiger partial charge in [0, 0.05) is 61.6 Å². The van der Waals surface area contributed by atoms with Crippen LogP contribution in [0.5, 0.6) is 0 Å². The molecular weight excluding hydrogens is 791 g/mol. The highest BCUT2D eigenvalue weighted by molar-refractivity contribution is 6.15. The Labute approximate surface area is 376 Å². The highest BCUT2D eigenvalue weighted by Crippen LogP contribution is 2.55. The maximum Gasteiger partial charge on any atom is 0.135 e. The molecule has 1 N–H and O–H groups in total. The Kier molecular flexibility index (Phi) is 7.39. The van der Waals surface area contributed by atoms with E-state index in [-0.39, 0.29) is 18.0 Å². The zero-order valence-electron chi connectivity index (χ0n) is 35.8. The third-order valence-corrected chi connectivity index (χ3v) is 15.2. The van der Waals surface area contributed by atoms with E-state index in [1.807, 2.05) is 0 Å². The molecule has 8 aromatic carbocycles. The first-order valence-electron chi connectivity index (χ1n) is 23.3. The number of hydrogen-bond acceptors (Lipinski definition) is 2. The zero-order valence-corrected chi connectivity index (χ0v) is 35.8. The Morgan fingerprint density at radius 1 is 0.554 bits per heavy atom. The number of para-hydroxylation sites is 1. The van der Waals surface area contributed by atoms with Crippen LogP contribution in [-0.4, -0.2) is 9.13 Å². The molecule has 0 saturated carbocycles. The van der Waals surface area contributed by atoms with Crippen LogP contribution < -0.4 is 5.32 Å². The van der Waals surface area contributed by atoms with Gasteiger partial charge in [-0.2, -0.15) is 0 Å². The monoisotopic (exact) mass is 833 g/mol. The van der Waals surface area contributed by atoms with E-state index in [0.717, 1.165) is 37.0 Å². The van der Waals surface area contributed by atoms with Gasteiger partial charge in [0.1, 0.15) is 11.3 Å². The molecule has 5 heterocycles. The van der Waals surface area contributed by atoms with Crippen LogP contribution in [0.4, 0.5) is 0 Å². The average molecular weight is 834 g/mol. The van der Waals surface area contributed by atoms with E-state index >= 15 is 0 Å². The van der Waals surface area contributed by atoms with E-state index in [1.54, 1.807) is 0 Å². The molecule has 0 saturated heterocycles. The summed E-state index contributed by atoms with van der Waals surface area (Å²) in [6.07, 6.45) is 15.8. The van der Waals surface area contributed by atoms with Crippen molar-refractivity contribution < 1.29 is 4.42 Å². The van der Waals surface area contributed by atoms with Gasteiger partial charge >= 0.3 is 0 Å². The van der Waals surface area contributed by atoms with E-state index in [2.05, 4.69) is 203 Å². The first kappa shape index (κ1) is 35.8. The van der Waals surface area contributed by atoms with Crippen LogP contribution >= 0.6 is 0 Å². The summed E-state index contributed by atoms with van der Waals surface area (Å²) >= 11 is 0. The van der Waals surface area contributed by atoms with Gasteiger partial charge < -0.3 is 13.6 Å². The Hall–Kier alpha value is -7.66. The Balaban J connectivity index is 1.08. The molecule has 15 rings (SSSR count). The fraction of sp³-hybridized carbons (Fsp3) is 0.115. The van der Waals surface area contributed by atoms with Crippen LogP contribution in [-0.2, 0) is 12.8 Å². The third-order valence-electron chi connectivity index (χ3n) is 15.2. The number of rotatable bonds is 3. The minimum atomic E-state index is -0.105. The molecule has 0 amide bonds. The summed E-state index contributed by atoms with van der Waals surface area (Å²) in [4.78, 5) is 0. The molecule has 0 radical (unpaired) electrons. The number of aryl methyl sites for hydroxylation is 1.